The minimum absolute atomic E-state index is 0.385. The topological polar surface area (TPSA) is 35.0 Å². The molecule has 0 aliphatic heterocycles. The predicted molar refractivity (Wildman–Crippen MR) is 76.4 cm³/mol. The highest BCUT2D eigenvalue weighted by Crippen LogP contribution is 2.32. The molecule has 96 valence electrons. The SMILES string of the molecule is CC=CCOCc1nc(Cl)c2c(C)c(C)sc2n1. The Bertz CT molecular complexity index is 592. The Morgan fingerprint density at radius 2 is 2.11 bits per heavy atom. The number of nitrogens with zero attached hydrogens (tertiary/aromatic N) is 2. The Morgan fingerprint density at radius 1 is 1.33 bits per heavy atom. The van der Waals surface area contributed by atoms with Gasteiger partial charge >= 0.3 is 0 Å². The second kappa shape index (κ2) is 5.78. The lowest BCUT2D eigenvalue weighted by Crippen LogP contribution is -1.99. The third-order valence-electron chi connectivity index (χ3n) is 2.71. The zero-order chi connectivity index (χ0) is 13.1. The highest BCUT2D eigenvalue weighted by atomic mass is 35.5. The lowest BCUT2D eigenvalue weighted by Gasteiger charge is -2.02. The van der Waals surface area contributed by atoms with E-state index in [2.05, 4.69) is 16.9 Å². The number of rotatable bonds is 4. The van der Waals surface area contributed by atoms with Crippen LogP contribution in [-0.2, 0) is 11.3 Å². The van der Waals surface area contributed by atoms with Gasteiger partial charge in [0, 0.05) is 4.88 Å². The van der Waals surface area contributed by atoms with Crippen LogP contribution in [0.3, 0.4) is 0 Å². The molecule has 0 fully saturated rings. The van der Waals surface area contributed by atoms with Crippen LogP contribution in [0.25, 0.3) is 10.2 Å². The maximum absolute atomic E-state index is 6.21. The molecule has 0 unspecified atom stereocenters. The van der Waals surface area contributed by atoms with Crippen LogP contribution in [0.15, 0.2) is 12.2 Å². The van der Waals surface area contributed by atoms with Gasteiger partial charge < -0.3 is 4.74 Å². The van der Waals surface area contributed by atoms with Gasteiger partial charge in [0.05, 0.1) is 12.0 Å². The fraction of sp³-hybridized carbons (Fsp3) is 0.385. The third-order valence-corrected chi connectivity index (χ3v) is 4.09. The predicted octanol–water partition coefficient (Wildman–Crippen LogP) is 4.05. The summed E-state index contributed by atoms with van der Waals surface area (Å²) in [6.07, 6.45) is 3.89. The van der Waals surface area contributed by atoms with Gasteiger partial charge in [0.1, 0.15) is 16.6 Å². The lowest BCUT2D eigenvalue weighted by atomic mass is 10.2. The molecule has 0 bridgehead atoms. The molecule has 2 aromatic rings. The zero-order valence-corrected chi connectivity index (χ0v) is 12.2. The van der Waals surface area contributed by atoms with E-state index in [-0.39, 0.29) is 0 Å². The van der Waals surface area contributed by atoms with Crippen molar-refractivity contribution in [1.82, 2.24) is 9.97 Å². The van der Waals surface area contributed by atoms with E-state index < -0.39 is 0 Å². The molecule has 2 aromatic heterocycles. The second-order valence-electron chi connectivity index (χ2n) is 3.98. The van der Waals surface area contributed by atoms with E-state index in [1.165, 1.54) is 10.4 Å². The number of aryl methyl sites for hydroxylation is 2. The molecule has 0 saturated heterocycles. The average Bonchev–Trinajstić information content (AvgIpc) is 2.61. The molecule has 2 rings (SSSR count). The van der Waals surface area contributed by atoms with Crippen molar-refractivity contribution in [2.75, 3.05) is 6.61 Å². The average molecular weight is 283 g/mol. The van der Waals surface area contributed by atoms with Gasteiger partial charge in [-0.25, -0.2) is 9.97 Å². The standard InChI is InChI=1S/C13H15ClN2OS/c1-4-5-6-17-7-10-15-12(14)11-8(2)9(3)18-13(11)16-10/h4-5H,6-7H2,1-3H3. The number of hydrogen-bond donors (Lipinski definition) is 0. The van der Waals surface area contributed by atoms with E-state index in [9.17, 15) is 0 Å². The fourth-order valence-corrected chi connectivity index (χ4v) is 3.05. The van der Waals surface area contributed by atoms with E-state index in [0.717, 1.165) is 10.2 Å². The molecule has 0 saturated carbocycles. The Kier molecular flexibility index (Phi) is 4.32. The highest BCUT2D eigenvalue weighted by Gasteiger charge is 2.12. The minimum atomic E-state index is 0.385. The summed E-state index contributed by atoms with van der Waals surface area (Å²) in [4.78, 5) is 10.9. The van der Waals surface area contributed by atoms with Gasteiger partial charge in [0.25, 0.3) is 0 Å². The molecule has 0 N–H and O–H groups in total. The number of allylic oxidation sites excluding steroid dienone is 1. The number of hydrogen-bond acceptors (Lipinski definition) is 4. The number of fused-ring (bicyclic) bond motifs is 1. The van der Waals surface area contributed by atoms with Crippen molar-refractivity contribution in [3.63, 3.8) is 0 Å². The van der Waals surface area contributed by atoms with Crippen molar-refractivity contribution in [3.8, 4) is 0 Å². The van der Waals surface area contributed by atoms with Crippen LogP contribution in [0.2, 0.25) is 5.15 Å². The molecule has 0 spiro atoms. The van der Waals surface area contributed by atoms with Crippen LogP contribution in [-0.4, -0.2) is 16.6 Å². The van der Waals surface area contributed by atoms with Crippen molar-refractivity contribution < 1.29 is 4.74 Å². The number of aromatic nitrogens is 2. The maximum atomic E-state index is 6.21. The molecule has 0 atom stereocenters. The van der Waals surface area contributed by atoms with Crippen LogP contribution in [0, 0.1) is 13.8 Å². The Balaban J connectivity index is 2.26. The van der Waals surface area contributed by atoms with Gasteiger partial charge in [-0.2, -0.15) is 0 Å². The molecule has 2 heterocycles. The Morgan fingerprint density at radius 3 is 2.83 bits per heavy atom. The quantitative estimate of drug-likeness (QED) is 0.482. The summed E-state index contributed by atoms with van der Waals surface area (Å²) < 4.78 is 5.44. The smallest absolute Gasteiger partial charge is 0.157 e. The van der Waals surface area contributed by atoms with Crippen molar-refractivity contribution in [3.05, 3.63) is 33.6 Å². The van der Waals surface area contributed by atoms with Gasteiger partial charge in [-0.1, -0.05) is 23.8 Å². The zero-order valence-electron chi connectivity index (χ0n) is 10.7. The summed E-state index contributed by atoms with van der Waals surface area (Å²) in [6, 6.07) is 0. The third kappa shape index (κ3) is 2.71. The molecule has 0 radical (unpaired) electrons. The first-order valence-corrected chi connectivity index (χ1v) is 6.94. The van der Waals surface area contributed by atoms with Gasteiger partial charge in [0.15, 0.2) is 5.82 Å². The van der Waals surface area contributed by atoms with Crippen LogP contribution >= 0.6 is 22.9 Å². The van der Waals surface area contributed by atoms with E-state index in [4.69, 9.17) is 16.3 Å². The number of halogens is 1. The first-order valence-electron chi connectivity index (χ1n) is 5.74. The summed E-state index contributed by atoms with van der Waals surface area (Å²) in [5, 5.41) is 1.49. The van der Waals surface area contributed by atoms with Gasteiger partial charge in [-0.3, -0.25) is 0 Å². The molecule has 0 aliphatic carbocycles. The van der Waals surface area contributed by atoms with Crippen LogP contribution in [0.5, 0.6) is 0 Å². The second-order valence-corrected chi connectivity index (χ2v) is 5.54. The monoisotopic (exact) mass is 282 g/mol. The van der Waals surface area contributed by atoms with Crippen LogP contribution < -0.4 is 0 Å². The minimum Gasteiger partial charge on any atom is -0.369 e. The lowest BCUT2D eigenvalue weighted by molar-refractivity contribution is 0.143. The van der Waals surface area contributed by atoms with Gasteiger partial charge in [-0.05, 0) is 26.3 Å². The summed E-state index contributed by atoms with van der Waals surface area (Å²) in [5.41, 5.74) is 1.17. The van der Waals surface area contributed by atoms with Crippen LogP contribution in [0.1, 0.15) is 23.2 Å². The van der Waals surface area contributed by atoms with E-state index in [1.807, 2.05) is 26.0 Å². The van der Waals surface area contributed by atoms with Crippen molar-refractivity contribution in [1.29, 1.82) is 0 Å². The summed E-state index contributed by atoms with van der Waals surface area (Å²) >= 11 is 7.85. The first-order chi connectivity index (χ1) is 8.63. The molecular weight excluding hydrogens is 268 g/mol. The Labute approximate surface area is 115 Å². The summed E-state index contributed by atoms with van der Waals surface area (Å²) in [7, 11) is 0. The number of thiophene rings is 1. The van der Waals surface area contributed by atoms with E-state index >= 15 is 0 Å². The molecule has 0 aromatic carbocycles. The highest BCUT2D eigenvalue weighted by molar-refractivity contribution is 7.18. The van der Waals surface area contributed by atoms with Crippen molar-refractivity contribution >= 4 is 33.2 Å². The normalized spacial score (nSPS) is 11.8. The Hall–Kier alpha value is -0.970. The fourth-order valence-electron chi connectivity index (χ4n) is 1.62. The molecular formula is C13H15ClN2OS. The summed E-state index contributed by atoms with van der Waals surface area (Å²) in [6.45, 7) is 7.03. The molecule has 0 amide bonds. The van der Waals surface area contributed by atoms with Gasteiger partial charge in [-0.15, -0.1) is 11.3 Å². The largest absolute Gasteiger partial charge is 0.369 e. The van der Waals surface area contributed by atoms with Crippen LogP contribution in [0.4, 0.5) is 0 Å². The molecule has 0 aliphatic rings. The van der Waals surface area contributed by atoms with Crippen molar-refractivity contribution in [2.45, 2.75) is 27.4 Å². The first kappa shape index (κ1) is 13.5. The van der Waals surface area contributed by atoms with E-state index in [1.54, 1.807) is 11.3 Å². The molecule has 5 heteroatoms. The molecule has 3 nitrogen and oxygen atoms in total. The molecule has 18 heavy (non-hydrogen) atoms. The van der Waals surface area contributed by atoms with Crippen molar-refractivity contribution in [2.24, 2.45) is 0 Å². The van der Waals surface area contributed by atoms with E-state index in [0.29, 0.717) is 24.2 Å². The number of ether oxygens (including phenoxy) is 1. The maximum Gasteiger partial charge on any atom is 0.157 e. The summed E-state index contributed by atoms with van der Waals surface area (Å²) in [5.74, 6) is 0.637. The van der Waals surface area contributed by atoms with Gasteiger partial charge in [0.2, 0.25) is 0 Å².